The van der Waals surface area contributed by atoms with E-state index < -0.39 is 10.0 Å². The molecule has 2 rings (SSSR count). The van der Waals surface area contributed by atoms with E-state index in [1.165, 1.54) is 13.1 Å². The highest BCUT2D eigenvalue weighted by Crippen LogP contribution is 2.27. The number of anilines is 3. The van der Waals surface area contributed by atoms with Gasteiger partial charge in [0.05, 0.1) is 5.69 Å². The summed E-state index contributed by atoms with van der Waals surface area (Å²) < 4.78 is 26.8. The van der Waals surface area contributed by atoms with Gasteiger partial charge in [0, 0.05) is 15.8 Å². The molecule has 0 aliphatic carbocycles. The van der Waals surface area contributed by atoms with Gasteiger partial charge >= 0.3 is 0 Å². The molecule has 21 heavy (non-hydrogen) atoms. The molecular formula is C14H16BrN3O2S. The van der Waals surface area contributed by atoms with Gasteiger partial charge in [0.15, 0.2) is 0 Å². The molecule has 2 aromatic carbocycles. The summed E-state index contributed by atoms with van der Waals surface area (Å²) in [5, 5.41) is 3.23. The van der Waals surface area contributed by atoms with Gasteiger partial charge in [-0.25, -0.2) is 13.1 Å². The Morgan fingerprint density at radius 3 is 2.48 bits per heavy atom. The number of benzene rings is 2. The second-order valence-corrected chi connectivity index (χ2v) is 7.32. The number of nitrogens with one attached hydrogen (secondary N) is 2. The number of sulfonamides is 1. The predicted molar refractivity (Wildman–Crippen MR) is 89.3 cm³/mol. The number of aryl methyl sites for hydroxylation is 1. The van der Waals surface area contributed by atoms with Crippen LogP contribution in [0.25, 0.3) is 0 Å². The molecule has 0 spiro atoms. The Morgan fingerprint density at radius 1 is 1.14 bits per heavy atom. The number of nitrogen functional groups attached to an aromatic ring is 1. The summed E-state index contributed by atoms with van der Waals surface area (Å²) in [6.45, 7) is 1.98. The van der Waals surface area contributed by atoms with Crippen molar-refractivity contribution in [1.82, 2.24) is 4.72 Å². The minimum atomic E-state index is -3.54. The van der Waals surface area contributed by atoms with E-state index in [-0.39, 0.29) is 10.6 Å². The molecule has 0 aliphatic rings. The lowest BCUT2D eigenvalue weighted by Gasteiger charge is -2.12. The second kappa shape index (κ2) is 6.05. The highest BCUT2D eigenvalue weighted by Gasteiger charge is 2.15. The minimum Gasteiger partial charge on any atom is -0.398 e. The predicted octanol–water partition coefficient (Wildman–Crippen LogP) is 2.99. The smallest absolute Gasteiger partial charge is 0.242 e. The molecule has 0 unspecified atom stereocenters. The Bertz CT molecular complexity index is 776. The molecule has 5 nitrogen and oxygen atoms in total. The van der Waals surface area contributed by atoms with Crippen LogP contribution in [-0.2, 0) is 10.0 Å². The summed E-state index contributed by atoms with van der Waals surface area (Å²) in [7, 11) is -2.19. The monoisotopic (exact) mass is 369 g/mol. The standard InChI is InChI=1S/C14H16BrN3O2S/c1-9-3-4-10(15)7-13(9)18-11-5-6-14(12(16)8-11)21(19,20)17-2/h3-8,17-18H,16H2,1-2H3. The van der Waals surface area contributed by atoms with Crippen LogP contribution in [0, 0.1) is 6.92 Å². The molecule has 0 aliphatic heterocycles. The fraction of sp³-hybridized carbons (Fsp3) is 0.143. The lowest BCUT2D eigenvalue weighted by atomic mass is 10.2. The largest absolute Gasteiger partial charge is 0.398 e. The first-order valence-corrected chi connectivity index (χ1v) is 8.47. The maximum Gasteiger partial charge on any atom is 0.242 e. The SMILES string of the molecule is CNS(=O)(=O)c1ccc(Nc2cc(Br)ccc2C)cc1N. The van der Waals surface area contributed by atoms with Crippen LogP contribution >= 0.6 is 15.9 Å². The van der Waals surface area contributed by atoms with Crippen LogP contribution in [0.2, 0.25) is 0 Å². The fourth-order valence-corrected chi connectivity index (χ4v) is 3.06. The number of rotatable bonds is 4. The van der Waals surface area contributed by atoms with Gasteiger partial charge in [-0.2, -0.15) is 0 Å². The zero-order valence-corrected chi connectivity index (χ0v) is 14.0. The quantitative estimate of drug-likeness (QED) is 0.723. The van der Waals surface area contributed by atoms with E-state index in [0.717, 1.165) is 21.4 Å². The second-order valence-electron chi connectivity index (χ2n) is 4.54. The fourth-order valence-electron chi connectivity index (χ4n) is 1.87. The van der Waals surface area contributed by atoms with Gasteiger partial charge in [-0.05, 0) is 49.9 Å². The lowest BCUT2D eigenvalue weighted by Crippen LogP contribution is -2.19. The first-order valence-electron chi connectivity index (χ1n) is 6.20. The summed E-state index contributed by atoms with van der Waals surface area (Å²) >= 11 is 3.42. The maximum absolute atomic E-state index is 11.8. The molecule has 2 aromatic rings. The van der Waals surface area contributed by atoms with Crippen molar-refractivity contribution in [2.24, 2.45) is 0 Å². The molecule has 0 atom stereocenters. The summed E-state index contributed by atoms with van der Waals surface area (Å²) in [6.07, 6.45) is 0. The average Bonchev–Trinajstić information content (AvgIpc) is 2.43. The van der Waals surface area contributed by atoms with Gasteiger partial charge in [0.25, 0.3) is 0 Å². The van der Waals surface area contributed by atoms with Crippen molar-refractivity contribution in [3.8, 4) is 0 Å². The summed E-state index contributed by atoms with van der Waals surface area (Å²) in [6, 6.07) is 10.7. The van der Waals surface area contributed by atoms with Crippen molar-refractivity contribution >= 4 is 43.0 Å². The molecular weight excluding hydrogens is 354 g/mol. The summed E-state index contributed by atoms with van der Waals surface area (Å²) in [5.41, 5.74) is 8.76. The summed E-state index contributed by atoms with van der Waals surface area (Å²) in [4.78, 5) is 0.0708. The zero-order chi connectivity index (χ0) is 15.6. The van der Waals surface area contributed by atoms with E-state index in [1.54, 1.807) is 12.1 Å². The first-order chi connectivity index (χ1) is 9.83. The number of hydrogen-bond acceptors (Lipinski definition) is 4. The zero-order valence-electron chi connectivity index (χ0n) is 11.6. The maximum atomic E-state index is 11.8. The molecule has 0 aromatic heterocycles. The number of hydrogen-bond donors (Lipinski definition) is 3. The third kappa shape index (κ3) is 3.55. The van der Waals surface area contributed by atoms with Crippen molar-refractivity contribution in [3.05, 3.63) is 46.4 Å². The van der Waals surface area contributed by atoms with E-state index >= 15 is 0 Å². The first kappa shape index (κ1) is 15.8. The average molecular weight is 370 g/mol. The highest BCUT2D eigenvalue weighted by atomic mass is 79.9. The Morgan fingerprint density at radius 2 is 1.86 bits per heavy atom. The van der Waals surface area contributed by atoms with E-state index in [1.807, 2.05) is 25.1 Å². The van der Waals surface area contributed by atoms with E-state index in [9.17, 15) is 8.42 Å². The minimum absolute atomic E-state index is 0.0708. The summed E-state index contributed by atoms with van der Waals surface area (Å²) in [5.74, 6) is 0. The van der Waals surface area contributed by atoms with Gasteiger partial charge in [-0.15, -0.1) is 0 Å². The van der Waals surface area contributed by atoms with Crippen LogP contribution < -0.4 is 15.8 Å². The molecule has 0 heterocycles. The van der Waals surface area contributed by atoms with Gasteiger partial charge in [0.2, 0.25) is 10.0 Å². The van der Waals surface area contributed by atoms with Crippen molar-refractivity contribution in [1.29, 1.82) is 0 Å². The molecule has 0 amide bonds. The lowest BCUT2D eigenvalue weighted by molar-refractivity contribution is 0.588. The molecule has 112 valence electrons. The number of nitrogens with two attached hydrogens (primary N) is 1. The normalized spacial score (nSPS) is 11.4. The molecule has 0 bridgehead atoms. The van der Waals surface area contributed by atoms with Gasteiger partial charge in [-0.1, -0.05) is 22.0 Å². The van der Waals surface area contributed by atoms with Crippen LogP contribution in [0.5, 0.6) is 0 Å². The molecule has 7 heteroatoms. The number of halogens is 1. The third-order valence-electron chi connectivity index (χ3n) is 3.05. The Kier molecular flexibility index (Phi) is 4.55. The van der Waals surface area contributed by atoms with Crippen molar-refractivity contribution < 1.29 is 8.42 Å². The topological polar surface area (TPSA) is 84.2 Å². The Balaban J connectivity index is 2.35. The third-order valence-corrected chi connectivity index (χ3v) is 5.03. The van der Waals surface area contributed by atoms with Gasteiger partial charge < -0.3 is 11.1 Å². The van der Waals surface area contributed by atoms with Crippen molar-refractivity contribution in [2.75, 3.05) is 18.1 Å². The van der Waals surface area contributed by atoms with E-state index in [4.69, 9.17) is 5.73 Å². The molecule has 0 radical (unpaired) electrons. The molecule has 0 saturated carbocycles. The van der Waals surface area contributed by atoms with Crippen LogP contribution in [-0.4, -0.2) is 15.5 Å². The van der Waals surface area contributed by atoms with Crippen LogP contribution in [0.15, 0.2) is 45.8 Å². The molecule has 0 saturated heterocycles. The Hall–Kier alpha value is -1.57. The van der Waals surface area contributed by atoms with Gasteiger partial charge in [0.1, 0.15) is 4.90 Å². The van der Waals surface area contributed by atoms with E-state index in [0.29, 0.717) is 0 Å². The highest BCUT2D eigenvalue weighted by molar-refractivity contribution is 9.10. The Labute approximate surface area is 132 Å². The van der Waals surface area contributed by atoms with E-state index in [2.05, 4.69) is 26.0 Å². The van der Waals surface area contributed by atoms with Crippen LogP contribution in [0.4, 0.5) is 17.1 Å². The van der Waals surface area contributed by atoms with Crippen LogP contribution in [0.1, 0.15) is 5.56 Å². The molecule has 0 fully saturated rings. The molecule has 4 N–H and O–H groups in total. The van der Waals surface area contributed by atoms with Crippen LogP contribution in [0.3, 0.4) is 0 Å². The van der Waals surface area contributed by atoms with Crippen molar-refractivity contribution in [3.63, 3.8) is 0 Å². The van der Waals surface area contributed by atoms with Gasteiger partial charge in [-0.3, -0.25) is 0 Å². The van der Waals surface area contributed by atoms with Crippen molar-refractivity contribution in [2.45, 2.75) is 11.8 Å².